The predicted molar refractivity (Wildman–Crippen MR) is 235 cm³/mol. The van der Waals surface area contributed by atoms with Gasteiger partial charge in [0.05, 0.1) is 36.7 Å². The molecule has 0 saturated heterocycles. The highest BCUT2D eigenvalue weighted by Gasteiger charge is 2.55. The molecule has 2 fully saturated rings. The van der Waals surface area contributed by atoms with Crippen molar-refractivity contribution in [3.05, 3.63) is 71.2 Å². The Hall–Kier alpha value is -6.04. The van der Waals surface area contributed by atoms with E-state index in [2.05, 4.69) is 75.3 Å². The topological polar surface area (TPSA) is 198 Å². The lowest BCUT2D eigenvalue weighted by atomic mass is 9.92. The van der Waals surface area contributed by atoms with Crippen molar-refractivity contribution in [1.29, 1.82) is 0 Å². The number of amides is 2. The first-order valence-corrected chi connectivity index (χ1v) is 25.4. The smallest absolute Gasteiger partial charge is 0.361 e. The number of H-pyrrole nitrogens is 1. The summed E-state index contributed by atoms with van der Waals surface area (Å²) in [6, 6.07) is 4.92. The molecule has 2 saturated carbocycles. The number of alkyl halides is 6. The molecule has 24 heteroatoms. The molecule has 0 unspecified atom stereocenters. The average Bonchev–Trinajstić information content (AvgIpc) is 3.82. The van der Waals surface area contributed by atoms with E-state index in [4.69, 9.17) is 13.8 Å². The lowest BCUT2D eigenvalue weighted by Gasteiger charge is -2.32. The van der Waals surface area contributed by atoms with Crippen molar-refractivity contribution in [1.82, 2.24) is 50.4 Å². The maximum atomic E-state index is 12.7. The zero-order chi connectivity index (χ0) is 46.6. The predicted octanol–water partition coefficient (Wildman–Crippen LogP) is 7.78. The Labute approximate surface area is 381 Å². The second-order valence-electron chi connectivity index (χ2n) is 18.7. The van der Waals surface area contributed by atoms with Crippen LogP contribution < -0.4 is 20.4 Å². The number of carbonyl (C=O) groups excluding carboxylic acids is 2. The van der Waals surface area contributed by atoms with Gasteiger partial charge in [-0.2, -0.15) is 26.3 Å². The second kappa shape index (κ2) is 17.9. The largest absolute Gasteiger partial charge is 0.390 e. The van der Waals surface area contributed by atoms with Crippen molar-refractivity contribution in [2.45, 2.75) is 115 Å². The van der Waals surface area contributed by atoms with Crippen molar-refractivity contribution < 1.29 is 49.7 Å². The van der Waals surface area contributed by atoms with Crippen LogP contribution in [0.3, 0.4) is 0 Å². The van der Waals surface area contributed by atoms with Crippen LogP contribution in [-0.2, 0) is 35.4 Å². The fraction of sp³-hybridized carbons (Fsp3) is 0.535. The zero-order valence-electron chi connectivity index (χ0n) is 36.4. The van der Waals surface area contributed by atoms with Crippen LogP contribution in [0.25, 0.3) is 22.1 Å². The van der Waals surface area contributed by atoms with Gasteiger partial charge in [-0.1, -0.05) is 37.4 Å². The number of nitrogens with one attached hydrogen (secondary N) is 3. The Kier molecular flexibility index (Phi) is 12.7. The summed E-state index contributed by atoms with van der Waals surface area (Å²) in [5, 5.41) is 14.2. The Morgan fingerprint density at radius 1 is 0.776 bits per heavy atom. The highest BCUT2D eigenvalue weighted by molar-refractivity contribution is 6.76. The van der Waals surface area contributed by atoms with Crippen LogP contribution in [-0.4, -0.2) is 105 Å². The van der Waals surface area contributed by atoms with Gasteiger partial charge in [-0.3, -0.25) is 9.59 Å². The van der Waals surface area contributed by atoms with Crippen LogP contribution in [0.2, 0.25) is 25.7 Å². The third-order valence-electron chi connectivity index (χ3n) is 12.4. The first-order valence-electron chi connectivity index (χ1n) is 21.7. The molecule has 10 rings (SSSR count). The van der Waals surface area contributed by atoms with Gasteiger partial charge in [0.25, 0.3) is 11.8 Å². The standard InChI is InChI=1S/C24H31F3N6O3Si.C18H17F3N6O2.CH4/c1-37(2,3)11-10-35-15-32-9-4-16-20(32)29-14-30-21(16)33-12-17-18(22(34)28-8-7-24(25,26)27)31-36-19(17)23(13-33)5-6-23;19-18(20,21)4-6-23-16(28)12-11-7-27(8-17(2-3-17)13(11)29-26-12)15-10-1-5-22-14(10)24-9-25-15;/h4,9,14H,5-8,10-13,15H2,1-3H3,(H,28,34);1,5,9H,2-4,6-8H2,(H,23,28)(H,22,24,25);1H4. The van der Waals surface area contributed by atoms with E-state index in [1.807, 2.05) is 22.9 Å². The second-order valence-corrected chi connectivity index (χ2v) is 24.3. The van der Waals surface area contributed by atoms with E-state index >= 15 is 0 Å². The number of ether oxygens (including phenoxy) is 1. The summed E-state index contributed by atoms with van der Waals surface area (Å²) in [6.45, 7) is 8.97. The first-order chi connectivity index (χ1) is 31.3. The number of hydrogen-bond acceptors (Lipinski definition) is 13. The van der Waals surface area contributed by atoms with E-state index in [0.29, 0.717) is 67.8 Å². The van der Waals surface area contributed by atoms with Crippen LogP contribution in [0.5, 0.6) is 0 Å². The van der Waals surface area contributed by atoms with Crippen LogP contribution in [0.1, 0.15) is 89.6 Å². The molecule has 0 radical (unpaired) electrons. The molecular formula is C43H52F6N12O5Si. The minimum Gasteiger partial charge on any atom is -0.361 e. The fourth-order valence-corrected chi connectivity index (χ4v) is 9.40. The van der Waals surface area contributed by atoms with Gasteiger partial charge < -0.3 is 43.8 Å². The zero-order valence-corrected chi connectivity index (χ0v) is 37.4. The first kappa shape index (κ1) is 47.4. The number of aromatic amines is 1. The molecule has 2 amide bonds. The van der Waals surface area contributed by atoms with E-state index in [-0.39, 0.29) is 29.6 Å². The molecule has 4 aliphatic rings. The number of anilines is 2. The molecule has 17 nitrogen and oxygen atoms in total. The Morgan fingerprint density at radius 2 is 1.30 bits per heavy atom. The summed E-state index contributed by atoms with van der Waals surface area (Å²) < 4.78 is 93.6. The summed E-state index contributed by atoms with van der Waals surface area (Å²) in [7, 11) is -1.18. The number of fused-ring (bicyclic) bond motifs is 6. The van der Waals surface area contributed by atoms with Crippen molar-refractivity contribution >= 4 is 53.6 Å². The van der Waals surface area contributed by atoms with E-state index < -0.39 is 58.2 Å². The number of rotatable bonds is 13. The summed E-state index contributed by atoms with van der Waals surface area (Å²) in [4.78, 5) is 50.0. The van der Waals surface area contributed by atoms with Crippen molar-refractivity contribution in [2.75, 3.05) is 42.6 Å². The number of nitrogens with zero attached hydrogens (tertiary/aromatic N) is 9. The van der Waals surface area contributed by atoms with Crippen LogP contribution in [0.15, 0.2) is 46.2 Å². The summed E-state index contributed by atoms with van der Waals surface area (Å²) in [5.74, 6) is 1.45. The Balaban J connectivity index is 0.000000184. The Morgan fingerprint density at radius 3 is 1.81 bits per heavy atom. The van der Waals surface area contributed by atoms with Crippen LogP contribution in [0.4, 0.5) is 38.0 Å². The van der Waals surface area contributed by atoms with Gasteiger partial charge in [0, 0.05) is 75.2 Å². The quantitative estimate of drug-likeness (QED) is 0.0577. The van der Waals surface area contributed by atoms with Gasteiger partial charge in [-0.05, 0) is 43.9 Å². The van der Waals surface area contributed by atoms with Gasteiger partial charge in [0.2, 0.25) is 0 Å². The van der Waals surface area contributed by atoms with Crippen LogP contribution in [0, 0.1) is 0 Å². The van der Waals surface area contributed by atoms with Crippen molar-refractivity contribution in [2.24, 2.45) is 0 Å². The molecule has 360 valence electrons. The minimum atomic E-state index is -4.35. The average molecular weight is 959 g/mol. The molecular weight excluding hydrogens is 907 g/mol. The van der Waals surface area contributed by atoms with E-state index in [1.54, 1.807) is 6.20 Å². The third kappa shape index (κ3) is 10.1. The summed E-state index contributed by atoms with van der Waals surface area (Å²) in [6.07, 6.45) is -0.645. The maximum absolute atomic E-state index is 12.7. The Bertz CT molecular complexity index is 2750. The van der Waals surface area contributed by atoms with Gasteiger partial charge >= 0.3 is 12.4 Å². The molecule has 0 aromatic carbocycles. The lowest BCUT2D eigenvalue weighted by Crippen LogP contribution is -2.39. The van der Waals surface area contributed by atoms with Gasteiger partial charge in [-0.25, -0.2) is 19.9 Å². The molecule has 0 bridgehead atoms. The highest BCUT2D eigenvalue weighted by atomic mass is 28.3. The minimum absolute atomic E-state index is 0. The maximum Gasteiger partial charge on any atom is 0.390 e. The number of halogens is 6. The third-order valence-corrected chi connectivity index (χ3v) is 14.1. The van der Waals surface area contributed by atoms with Crippen LogP contribution >= 0.6 is 0 Å². The van der Waals surface area contributed by atoms with E-state index in [9.17, 15) is 35.9 Å². The molecule has 6 aromatic heterocycles. The molecule has 0 atom stereocenters. The lowest BCUT2D eigenvalue weighted by molar-refractivity contribution is -0.134. The van der Waals surface area contributed by atoms with Gasteiger partial charge in [0.15, 0.2) is 11.4 Å². The molecule has 2 aliphatic carbocycles. The van der Waals surface area contributed by atoms with Gasteiger partial charge in [-0.15, -0.1) is 0 Å². The SMILES string of the molecule is C.C[Si](C)(C)CCOCn1ccc2c(N3Cc4c(C(=O)NCCC(F)(F)F)noc4C4(CC4)C3)ncnc21.O=C(NCCC(F)(F)F)c1noc2c1CN(c1ncnc3[nH]ccc13)CC21CC1. The monoisotopic (exact) mass is 958 g/mol. The van der Waals surface area contributed by atoms with E-state index in [0.717, 1.165) is 59.8 Å². The highest BCUT2D eigenvalue weighted by Crippen LogP contribution is 2.55. The molecule has 2 spiro atoms. The summed E-state index contributed by atoms with van der Waals surface area (Å²) >= 11 is 0. The number of carbonyl (C=O) groups is 2. The number of aromatic nitrogens is 8. The molecule has 2 aliphatic heterocycles. The van der Waals surface area contributed by atoms with E-state index in [1.165, 1.54) is 12.7 Å². The summed E-state index contributed by atoms with van der Waals surface area (Å²) in [5.41, 5.74) is 2.24. The number of hydrogen-bond donors (Lipinski definition) is 3. The van der Waals surface area contributed by atoms with Gasteiger partial charge in [0.1, 0.15) is 53.8 Å². The molecule has 6 aromatic rings. The van der Waals surface area contributed by atoms with Crippen molar-refractivity contribution in [3.8, 4) is 0 Å². The fourth-order valence-electron chi connectivity index (χ4n) is 8.64. The molecule has 67 heavy (non-hydrogen) atoms. The van der Waals surface area contributed by atoms with Crippen molar-refractivity contribution in [3.63, 3.8) is 0 Å². The molecule has 3 N–H and O–H groups in total. The normalized spacial score (nSPS) is 16.9. The molecule has 8 heterocycles.